The van der Waals surface area contributed by atoms with Gasteiger partial charge >= 0.3 is 0 Å². The summed E-state index contributed by atoms with van der Waals surface area (Å²) < 4.78 is 6.76. The van der Waals surface area contributed by atoms with Gasteiger partial charge in [-0.1, -0.05) is 72.8 Å². The third-order valence-electron chi connectivity index (χ3n) is 5.10. The van der Waals surface area contributed by atoms with Crippen molar-refractivity contribution in [3.63, 3.8) is 0 Å². The summed E-state index contributed by atoms with van der Waals surface area (Å²) in [5, 5.41) is 2.44. The zero-order chi connectivity index (χ0) is 15.3. The van der Waals surface area contributed by atoms with Gasteiger partial charge in [-0.15, -0.1) is 0 Å². The fourth-order valence-corrected chi connectivity index (χ4v) is 3.74. The molecule has 3 aromatic carbocycles. The van der Waals surface area contributed by atoms with E-state index in [0.29, 0.717) is 5.92 Å². The Morgan fingerprint density at radius 2 is 1.61 bits per heavy atom. The lowest BCUT2D eigenvalue weighted by Gasteiger charge is -2.36. The van der Waals surface area contributed by atoms with Crippen LogP contribution in [-0.2, 0) is 5.60 Å². The van der Waals surface area contributed by atoms with Crippen molar-refractivity contribution >= 4 is 16.8 Å². The van der Waals surface area contributed by atoms with Crippen LogP contribution >= 0.6 is 0 Å². The molecule has 112 valence electrons. The van der Waals surface area contributed by atoms with E-state index in [9.17, 15) is 0 Å². The SMILES string of the molecule is C1=CC(c2ccccc2)(C2CC2)Oc2c1ccc1ccccc21. The van der Waals surface area contributed by atoms with Gasteiger partial charge in [-0.3, -0.25) is 0 Å². The molecule has 0 N–H and O–H groups in total. The first-order valence-electron chi connectivity index (χ1n) is 8.32. The molecule has 1 saturated carbocycles. The van der Waals surface area contributed by atoms with Crippen LogP contribution < -0.4 is 4.74 Å². The number of hydrogen-bond acceptors (Lipinski definition) is 1. The van der Waals surface area contributed by atoms with E-state index < -0.39 is 0 Å². The molecule has 0 radical (unpaired) electrons. The summed E-state index contributed by atoms with van der Waals surface area (Å²) in [6.45, 7) is 0. The highest BCUT2D eigenvalue weighted by Crippen LogP contribution is 2.53. The fourth-order valence-electron chi connectivity index (χ4n) is 3.74. The van der Waals surface area contributed by atoms with Crippen LogP contribution in [0.4, 0.5) is 0 Å². The average molecular weight is 298 g/mol. The monoisotopic (exact) mass is 298 g/mol. The van der Waals surface area contributed by atoms with Crippen LogP contribution in [0, 0.1) is 5.92 Å². The molecule has 0 saturated heterocycles. The molecule has 0 amide bonds. The summed E-state index contributed by atoms with van der Waals surface area (Å²) in [5.41, 5.74) is 2.13. The molecule has 5 rings (SSSR count). The van der Waals surface area contributed by atoms with Crippen molar-refractivity contribution in [3.05, 3.63) is 83.9 Å². The minimum Gasteiger partial charge on any atom is -0.477 e. The molecule has 2 aliphatic rings. The largest absolute Gasteiger partial charge is 0.477 e. The van der Waals surface area contributed by atoms with Gasteiger partial charge in [0.15, 0.2) is 5.60 Å². The van der Waals surface area contributed by atoms with Crippen molar-refractivity contribution in [1.82, 2.24) is 0 Å². The van der Waals surface area contributed by atoms with Crippen LogP contribution in [0.2, 0.25) is 0 Å². The minimum atomic E-state index is -0.307. The van der Waals surface area contributed by atoms with Gasteiger partial charge in [0.05, 0.1) is 0 Å². The number of hydrogen-bond donors (Lipinski definition) is 0. The zero-order valence-corrected chi connectivity index (χ0v) is 12.9. The second kappa shape index (κ2) is 4.73. The van der Waals surface area contributed by atoms with Crippen molar-refractivity contribution in [1.29, 1.82) is 0 Å². The number of rotatable bonds is 2. The maximum Gasteiger partial charge on any atom is 0.155 e. The van der Waals surface area contributed by atoms with Gasteiger partial charge in [0, 0.05) is 16.9 Å². The Balaban J connectivity index is 1.73. The highest BCUT2D eigenvalue weighted by molar-refractivity contribution is 5.92. The molecule has 0 aromatic heterocycles. The van der Waals surface area contributed by atoms with Gasteiger partial charge in [-0.2, -0.15) is 0 Å². The molecule has 1 fully saturated rings. The summed E-state index contributed by atoms with van der Waals surface area (Å²) in [5.74, 6) is 1.61. The first kappa shape index (κ1) is 13.0. The fraction of sp³-hybridized carbons (Fsp3) is 0.182. The predicted molar refractivity (Wildman–Crippen MR) is 94.5 cm³/mol. The standard InChI is InChI=1S/C22H18O/c1-2-7-18(8-3-1)22(19-12-13-19)15-14-17-11-10-16-6-4-5-9-20(16)21(17)23-22/h1-11,14-15,19H,12-13H2. The molecule has 23 heavy (non-hydrogen) atoms. The molecule has 1 unspecified atom stereocenters. The van der Waals surface area contributed by atoms with E-state index in [4.69, 9.17) is 4.74 Å². The maximum atomic E-state index is 6.76. The lowest BCUT2D eigenvalue weighted by Crippen LogP contribution is -2.35. The molecule has 1 nitrogen and oxygen atoms in total. The lowest BCUT2D eigenvalue weighted by molar-refractivity contribution is 0.0936. The summed E-state index contributed by atoms with van der Waals surface area (Å²) in [4.78, 5) is 0. The van der Waals surface area contributed by atoms with Crippen molar-refractivity contribution < 1.29 is 4.74 Å². The summed E-state index contributed by atoms with van der Waals surface area (Å²) in [6, 6.07) is 23.5. The molecule has 3 aromatic rings. The third kappa shape index (κ3) is 1.93. The summed E-state index contributed by atoms with van der Waals surface area (Å²) in [7, 11) is 0. The smallest absolute Gasteiger partial charge is 0.155 e. The van der Waals surface area contributed by atoms with E-state index >= 15 is 0 Å². The number of benzene rings is 3. The summed E-state index contributed by atoms with van der Waals surface area (Å²) in [6.07, 6.45) is 6.99. The zero-order valence-electron chi connectivity index (χ0n) is 12.9. The van der Waals surface area contributed by atoms with Crippen molar-refractivity contribution in [2.24, 2.45) is 5.92 Å². The highest BCUT2D eigenvalue weighted by Gasteiger charge is 2.48. The summed E-state index contributed by atoms with van der Waals surface area (Å²) >= 11 is 0. The Morgan fingerprint density at radius 3 is 2.43 bits per heavy atom. The van der Waals surface area contributed by atoms with Gasteiger partial charge in [0.1, 0.15) is 5.75 Å². The van der Waals surface area contributed by atoms with E-state index in [2.05, 4.69) is 78.9 Å². The maximum absolute atomic E-state index is 6.76. The van der Waals surface area contributed by atoms with Crippen molar-refractivity contribution in [2.75, 3.05) is 0 Å². The Morgan fingerprint density at radius 1 is 0.826 bits per heavy atom. The van der Waals surface area contributed by atoms with E-state index in [1.165, 1.54) is 34.7 Å². The second-order valence-corrected chi connectivity index (χ2v) is 6.57. The average Bonchev–Trinajstić information content (AvgIpc) is 3.47. The van der Waals surface area contributed by atoms with Gasteiger partial charge in [0.25, 0.3) is 0 Å². The van der Waals surface area contributed by atoms with Crippen LogP contribution in [0.3, 0.4) is 0 Å². The molecular formula is C22H18O. The molecule has 1 heterocycles. The molecule has 0 bridgehead atoms. The van der Waals surface area contributed by atoms with E-state index in [0.717, 1.165) is 5.75 Å². The normalized spacial score (nSPS) is 22.6. The van der Waals surface area contributed by atoms with Gasteiger partial charge in [0.2, 0.25) is 0 Å². The molecule has 1 atom stereocenters. The van der Waals surface area contributed by atoms with Crippen LogP contribution in [0.5, 0.6) is 5.75 Å². The molecule has 0 spiro atoms. The Hall–Kier alpha value is -2.54. The molecular weight excluding hydrogens is 280 g/mol. The quantitative estimate of drug-likeness (QED) is 0.602. The minimum absolute atomic E-state index is 0.307. The van der Waals surface area contributed by atoms with E-state index in [1.807, 2.05) is 0 Å². The Labute approximate surface area is 136 Å². The second-order valence-electron chi connectivity index (χ2n) is 6.57. The first-order chi connectivity index (χ1) is 11.4. The van der Waals surface area contributed by atoms with Crippen molar-refractivity contribution in [3.8, 4) is 5.75 Å². The predicted octanol–water partition coefficient (Wildman–Crippen LogP) is 5.55. The van der Waals surface area contributed by atoms with Gasteiger partial charge < -0.3 is 4.74 Å². The van der Waals surface area contributed by atoms with Crippen LogP contribution in [0.25, 0.3) is 16.8 Å². The van der Waals surface area contributed by atoms with Crippen molar-refractivity contribution in [2.45, 2.75) is 18.4 Å². The van der Waals surface area contributed by atoms with Gasteiger partial charge in [-0.25, -0.2) is 0 Å². The van der Waals surface area contributed by atoms with Crippen LogP contribution in [0.1, 0.15) is 24.0 Å². The van der Waals surface area contributed by atoms with Crippen LogP contribution in [-0.4, -0.2) is 0 Å². The lowest BCUT2D eigenvalue weighted by atomic mass is 9.85. The van der Waals surface area contributed by atoms with Gasteiger partial charge in [-0.05, 0) is 29.9 Å². The first-order valence-corrected chi connectivity index (χ1v) is 8.32. The topological polar surface area (TPSA) is 9.23 Å². The Bertz CT molecular complexity index is 906. The number of fused-ring (bicyclic) bond motifs is 3. The van der Waals surface area contributed by atoms with E-state index in [-0.39, 0.29) is 5.60 Å². The van der Waals surface area contributed by atoms with Crippen LogP contribution in [0.15, 0.2) is 72.8 Å². The Kier molecular flexibility index (Phi) is 2.66. The van der Waals surface area contributed by atoms with E-state index in [1.54, 1.807) is 0 Å². The molecule has 1 aliphatic heterocycles. The molecule has 1 heteroatoms. The molecule has 1 aliphatic carbocycles. The highest BCUT2D eigenvalue weighted by atomic mass is 16.5. The number of ether oxygens (including phenoxy) is 1. The third-order valence-corrected chi connectivity index (χ3v) is 5.10.